The zero-order valence-corrected chi connectivity index (χ0v) is 21.8. The van der Waals surface area contributed by atoms with E-state index in [1.165, 1.54) is 4.57 Å². The van der Waals surface area contributed by atoms with Gasteiger partial charge in [-0.15, -0.1) is 0 Å². The van der Waals surface area contributed by atoms with Crippen LogP contribution in [0.5, 0.6) is 5.88 Å². The summed E-state index contributed by atoms with van der Waals surface area (Å²) < 4.78 is 7.20. The van der Waals surface area contributed by atoms with Gasteiger partial charge in [0.25, 0.3) is 5.56 Å². The van der Waals surface area contributed by atoms with Gasteiger partial charge in [-0.2, -0.15) is 4.98 Å². The number of aryl methyl sites for hydroxylation is 3. The highest BCUT2D eigenvalue weighted by Gasteiger charge is 2.19. The highest BCUT2D eigenvalue weighted by molar-refractivity contribution is 6.33. The summed E-state index contributed by atoms with van der Waals surface area (Å²) in [6.45, 7) is 10.0. The predicted octanol–water partition coefficient (Wildman–Crippen LogP) is 6.62. The van der Waals surface area contributed by atoms with E-state index >= 15 is 0 Å². The van der Waals surface area contributed by atoms with Gasteiger partial charge in [0.2, 0.25) is 5.88 Å². The van der Waals surface area contributed by atoms with Crippen molar-refractivity contribution in [2.45, 2.75) is 47.1 Å². The van der Waals surface area contributed by atoms with Gasteiger partial charge in [-0.05, 0) is 44.0 Å². The van der Waals surface area contributed by atoms with Crippen LogP contribution in [0.15, 0.2) is 53.5 Å². The van der Waals surface area contributed by atoms with Crippen molar-refractivity contribution in [1.82, 2.24) is 19.5 Å². The Balaban J connectivity index is 1.75. The van der Waals surface area contributed by atoms with E-state index in [2.05, 4.69) is 9.97 Å². The molecule has 2 aromatic carbocycles. The molecule has 0 atom stereocenters. The number of hydrogen-bond donors (Lipinski definition) is 0. The standard InChI is InChI=1S/C27H26Cl2N4O2/c1-15(2)25-30-13-17(4)24(32-25)20-9-10-21(28)22(12-20)33-18(5)31-26(23(29)27(33)34)35-14-19-8-6-7-16(3)11-19/h6-13,15H,14H2,1-5H3. The van der Waals surface area contributed by atoms with Gasteiger partial charge in [-0.25, -0.2) is 9.97 Å². The molecule has 0 radical (unpaired) electrons. The number of halogens is 2. The van der Waals surface area contributed by atoms with Crippen molar-refractivity contribution in [1.29, 1.82) is 0 Å². The van der Waals surface area contributed by atoms with Crippen LogP contribution in [-0.4, -0.2) is 19.5 Å². The normalized spacial score (nSPS) is 11.2. The lowest BCUT2D eigenvalue weighted by Crippen LogP contribution is -2.24. The van der Waals surface area contributed by atoms with Crippen LogP contribution < -0.4 is 10.3 Å². The van der Waals surface area contributed by atoms with Crippen LogP contribution in [0.3, 0.4) is 0 Å². The van der Waals surface area contributed by atoms with E-state index in [0.717, 1.165) is 33.8 Å². The van der Waals surface area contributed by atoms with Crippen molar-refractivity contribution in [2.75, 3.05) is 0 Å². The molecule has 4 rings (SSSR count). The van der Waals surface area contributed by atoms with Crippen LogP contribution >= 0.6 is 23.2 Å². The Hall–Kier alpha value is -3.22. The molecular formula is C27H26Cl2N4O2. The molecular weight excluding hydrogens is 483 g/mol. The van der Waals surface area contributed by atoms with Crippen molar-refractivity contribution in [3.63, 3.8) is 0 Å². The fourth-order valence-electron chi connectivity index (χ4n) is 3.77. The molecule has 180 valence electrons. The topological polar surface area (TPSA) is 69.9 Å². The molecule has 0 aliphatic carbocycles. The maximum atomic E-state index is 13.3. The summed E-state index contributed by atoms with van der Waals surface area (Å²) in [5.74, 6) is 1.42. The molecule has 35 heavy (non-hydrogen) atoms. The van der Waals surface area contributed by atoms with Crippen LogP contribution in [0.1, 0.15) is 48.1 Å². The third-order valence-electron chi connectivity index (χ3n) is 5.59. The number of rotatable bonds is 6. The largest absolute Gasteiger partial charge is 0.472 e. The minimum Gasteiger partial charge on any atom is -0.472 e. The summed E-state index contributed by atoms with van der Waals surface area (Å²) in [5.41, 5.74) is 4.60. The van der Waals surface area contributed by atoms with Gasteiger partial charge in [0.05, 0.1) is 16.4 Å². The van der Waals surface area contributed by atoms with E-state index < -0.39 is 5.56 Å². The van der Waals surface area contributed by atoms with Crippen molar-refractivity contribution in [3.8, 4) is 22.8 Å². The molecule has 0 fully saturated rings. The summed E-state index contributed by atoms with van der Waals surface area (Å²) in [4.78, 5) is 26.9. The van der Waals surface area contributed by atoms with Gasteiger partial charge in [0.15, 0.2) is 5.02 Å². The number of aromatic nitrogens is 4. The number of hydrogen-bond acceptors (Lipinski definition) is 5. The monoisotopic (exact) mass is 508 g/mol. The lowest BCUT2D eigenvalue weighted by Gasteiger charge is -2.16. The number of ether oxygens (including phenoxy) is 1. The molecule has 0 bridgehead atoms. The van der Waals surface area contributed by atoms with Gasteiger partial charge in [-0.1, -0.05) is 72.9 Å². The first-order chi connectivity index (χ1) is 16.7. The molecule has 0 aliphatic rings. The van der Waals surface area contributed by atoms with E-state index in [-0.39, 0.29) is 23.4 Å². The average Bonchev–Trinajstić information content (AvgIpc) is 2.82. The second-order valence-corrected chi connectivity index (χ2v) is 9.56. The van der Waals surface area contributed by atoms with Crippen molar-refractivity contribution in [3.05, 3.63) is 97.4 Å². The first-order valence-corrected chi connectivity index (χ1v) is 12.0. The molecule has 4 aromatic rings. The van der Waals surface area contributed by atoms with Crippen LogP contribution in [0, 0.1) is 20.8 Å². The maximum absolute atomic E-state index is 13.3. The SMILES string of the molecule is Cc1cccc(COc2nc(C)n(-c3cc(-c4nc(C(C)C)ncc4C)ccc3Cl)c(=O)c2Cl)c1. The molecule has 0 spiro atoms. The Morgan fingerprint density at radius 3 is 2.51 bits per heavy atom. The Morgan fingerprint density at radius 1 is 1.03 bits per heavy atom. The van der Waals surface area contributed by atoms with Gasteiger partial charge < -0.3 is 4.74 Å². The highest BCUT2D eigenvalue weighted by atomic mass is 35.5. The minimum atomic E-state index is -0.459. The first kappa shape index (κ1) is 24.9. The van der Waals surface area contributed by atoms with Crippen LogP contribution in [0.2, 0.25) is 10.0 Å². The van der Waals surface area contributed by atoms with Crippen LogP contribution in [0.25, 0.3) is 16.9 Å². The van der Waals surface area contributed by atoms with E-state index in [9.17, 15) is 4.79 Å². The van der Waals surface area contributed by atoms with Gasteiger partial charge in [0, 0.05) is 17.7 Å². The lowest BCUT2D eigenvalue weighted by atomic mass is 10.1. The molecule has 0 amide bonds. The molecule has 0 unspecified atom stereocenters. The molecule has 0 saturated heterocycles. The van der Waals surface area contributed by atoms with Crippen LogP contribution in [0.4, 0.5) is 0 Å². The molecule has 2 heterocycles. The fraction of sp³-hybridized carbons (Fsp3) is 0.259. The van der Waals surface area contributed by atoms with Crippen molar-refractivity contribution >= 4 is 23.2 Å². The van der Waals surface area contributed by atoms with E-state index in [1.807, 2.05) is 70.3 Å². The summed E-state index contributed by atoms with van der Waals surface area (Å²) in [7, 11) is 0. The molecule has 0 saturated carbocycles. The van der Waals surface area contributed by atoms with Gasteiger partial charge in [0.1, 0.15) is 18.3 Å². The molecule has 0 N–H and O–H groups in total. The third kappa shape index (κ3) is 5.24. The molecule has 2 aromatic heterocycles. The average molecular weight is 509 g/mol. The predicted molar refractivity (Wildman–Crippen MR) is 140 cm³/mol. The quantitative estimate of drug-likeness (QED) is 0.292. The van der Waals surface area contributed by atoms with Gasteiger partial charge in [-0.3, -0.25) is 9.36 Å². The Bertz CT molecular complexity index is 1460. The van der Waals surface area contributed by atoms with Crippen molar-refractivity contribution in [2.24, 2.45) is 0 Å². The lowest BCUT2D eigenvalue weighted by molar-refractivity contribution is 0.291. The summed E-state index contributed by atoms with van der Waals surface area (Å²) in [6.07, 6.45) is 1.81. The minimum absolute atomic E-state index is 0.0902. The summed E-state index contributed by atoms with van der Waals surface area (Å²) >= 11 is 13.0. The number of benzene rings is 2. The zero-order chi connectivity index (χ0) is 25.3. The smallest absolute Gasteiger partial charge is 0.280 e. The highest BCUT2D eigenvalue weighted by Crippen LogP contribution is 2.30. The second-order valence-electron chi connectivity index (χ2n) is 8.78. The third-order valence-corrected chi connectivity index (χ3v) is 6.23. The molecule has 0 aliphatic heterocycles. The Morgan fingerprint density at radius 2 is 1.80 bits per heavy atom. The molecule has 8 heteroatoms. The second kappa shape index (κ2) is 10.2. The van der Waals surface area contributed by atoms with Gasteiger partial charge >= 0.3 is 0 Å². The Kier molecular flexibility index (Phi) is 7.24. The van der Waals surface area contributed by atoms with E-state index in [0.29, 0.717) is 16.5 Å². The van der Waals surface area contributed by atoms with E-state index in [4.69, 9.17) is 32.9 Å². The molecule has 6 nitrogen and oxygen atoms in total. The fourth-order valence-corrected chi connectivity index (χ4v) is 4.16. The summed E-state index contributed by atoms with van der Waals surface area (Å²) in [5, 5.41) is 0.283. The Labute approximate surface area is 214 Å². The maximum Gasteiger partial charge on any atom is 0.280 e. The number of nitrogens with zero attached hydrogens (tertiary/aromatic N) is 4. The van der Waals surface area contributed by atoms with Crippen molar-refractivity contribution < 1.29 is 4.74 Å². The zero-order valence-electron chi connectivity index (χ0n) is 20.3. The van der Waals surface area contributed by atoms with E-state index in [1.54, 1.807) is 13.0 Å². The summed E-state index contributed by atoms with van der Waals surface area (Å²) in [6, 6.07) is 13.3. The first-order valence-electron chi connectivity index (χ1n) is 11.3. The van der Waals surface area contributed by atoms with Crippen LogP contribution in [-0.2, 0) is 6.61 Å².